The van der Waals surface area contributed by atoms with Gasteiger partial charge in [-0.3, -0.25) is 33.7 Å². The van der Waals surface area contributed by atoms with Crippen molar-refractivity contribution in [2.75, 3.05) is 18.4 Å². The van der Waals surface area contributed by atoms with Crippen molar-refractivity contribution in [1.82, 2.24) is 20.9 Å². The fourth-order valence-corrected chi connectivity index (χ4v) is 4.32. The molecule has 0 spiro atoms. The lowest BCUT2D eigenvalue weighted by Crippen LogP contribution is -2.54. The summed E-state index contributed by atoms with van der Waals surface area (Å²) in [5.74, 6) is -2.20. The van der Waals surface area contributed by atoms with Crippen LogP contribution in [-0.2, 0) is 35.2 Å². The van der Waals surface area contributed by atoms with Crippen LogP contribution >= 0.6 is 0 Å². The maximum absolute atomic E-state index is 13.2. The van der Waals surface area contributed by atoms with Crippen molar-refractivity contribution in [2.24, 2.45) is 5.92 Å². The fraction of sp³-hybridized carbons (Fsp3) is 0.533. The van der Waals surface area contributed by atoms with Gasteiger partial charge >= 0.3 is 0 Å². The highest BCUT2D eigenvalue weighted by atomic mass is 16.2. The number of benzene rings is 1. The van der Waals surface area contributed by atoms with Gasteiger partial charge in [-0.15, -0.1) is 0 Å². The van der Waals surface area contributed by atoms with Crippen LogP contribution in [0.1, 0.15) is 71.8 Å². The first-order valence-electron chi connectivity index (χ1n) is 14.3. The van der Waals surface area contributed by atoms with Crippen LogP contribution in [0.3, 0.4) is 0 Å². The summed E-state index contributed by atoms with van der Waals surface area (Å²) in [7, 11) is 0. The molecule has 0 unspecified atom stereocenters. The molecule has 11 heteroatoms. The smallest absolute Gasteiger partial charge is 0.253 e. The number of nitrogens with one attached hydrogen (secondary N) is 4. The lowest BCUT2D eigenvalue weighted by molar-refractivity contribution is -0.137. The van der Waals surface area contributed by atoms with E-state index in [-0.39, 0.29) is 41.9 Å². The molecule has 0 aliphatic carbocycles. The van der Waals surface area contributed by atoms with E-state index in [4.69, 9.17) is 0 Å². The highest BCUT2D eigenvalue weighted by Gasteiger charge is 2.29. The summed E-state index contributed by atoms with van der Waals surface area (Å²) in [6, 6.07) is 5.75. The third-order valence-corrected chi connectivity index (χ3v) is 6.76. The molecule has 1 aliphatic heterocycles. The molecular formula is C30H43N5O6. The third kappa shape index (κ3) is 11.5. The van der Waals surface area contributed by atoms with E-state index < -0.39 is 18.0 Å². The van der Waals surface area contributed by atoms with Gasteiger partial charge in [-0.25, -0.2) is 0 Å². The lowest BCUT2D eigenvalue weighted by atomic mass is 10.0. The SMILES string of the molecule is CCc1ccc(NC(=O)[C@H](CCCNC(C)=O)NC(=O)[C@@H](NC(=O)CCCCCN2C(=O)C=CC2=O)C(C)C)cc1. The molecule has 4 N–H and O–H groups in total. The Balaban J connectivity index is 1.92. The zero-order valence-electron chi connectivity index (χ0n) is 24.5. The number of carbonyl (C=O) groups excluding carboxylic acids is 6. The molecule has 1 heterocycles. The van der Waals surface area contributed by atoms with E-state index in [1.54, 1.807) is 0 Å². The second-order valence-electron chi connectivity index (χ2n) is 10.5. The predicted octanol–water partition coefficient (Wildman–Crippen LogP) is 2.21. The maximum atomic E-state index is 13.2. The van der Waals surface area contributed by atoms with E-state index >= 15 is 0 Å². The molecule has 1 aromatic carbocycles. The number of hydrogen-bond donors (Lipinski definition) is 4. The topological polar surface area (TPSA) is 154 Å². The Morgan fingerprint density at radius 3 is 2.10 bits per heavy atom. The Bertz CT molecular complexity index is 1100. The van der Waals surface area contributed by atoms with Gasteiger partial charge in [-0.1, -0.05) is 39.3 Å². The first-order valence-corrected chi connectivity index (χ1v) is 14.3. The van der Waals surface area contributed by atoms with Crippen LogP contribution in [0.4, 0.5) is 5.69 Å². The van der Waals surface area contributed by atoms with Gasteiger partial charge in [0.1, 0.15) is 12.1 Å². The van der Waals surface area contributed by atoms with Crippen LogP contribution in [0, 0.1) is 5.92 Å². The number of aryl methyl sites for hydroxylation is 1. The van der Waals surface area contributed by atoms with Crippen molar-refractivity contribution < 1.29 is 28.8 Å². The van der Waals surface area contributed by atoms with Gasteiger partial charge in [0.2, 0.25) is 23.6 Å². The van der Waals surface area contributed by atoms with Crippen molar-refractivity contribution in [2.45, 2.75) is 84.7 Å². The molecule has 1 aliphatic rings. The van der Waals surface area contributed by atoms with E-state index in [0.29, 0.717) is 50.9 Å². The number of unbranched alkanes of at least 4 members (excludes halogenated alkanes) is 2. The number of anilines is 1. The van der Waals surface area contributed by atoms with E-state index in [9.17, 15) is 28.8 Å². The van der Waals surface area contributed by atoms with Crippen molar-refractivity contribution >= 4 is 41.1 Å². The largest absolute Gasteiger partial charge is 0.356 e. The average Bonchev–Trinajstić information content (AvgIpc) is 3.25. The molecule has 224 valence electrons. The number of hydrogen-bond acceptors (Lipinski definition) is 6. The van der Waals surface area contributed by atoms with Gasteiger partial charge in [0.25, 0.3) is 11.8 Å². The van der Waals surface area contributed by atoms with Crippen molar-refractivity contribution in [3.8, 4) is 0 Å². The van der Waals surface area contributed by atoms with E-state index in [1.165, 1.54) is 24.0 Å². The van der Waals surface area contributed by atoms with Crippen LogP contribution in [0.25, 0.3) is 0 Å². The summed E-state index contributed by atoms with van der Waals surface area (Å²) < 4.78 is 0. The van der Waals surface area contributed by atoms with E-state index in [2.05, 4.69) is 21.3 Å². The zero-order valence-corrected chi connectivity index (χ0v) is 24.5. The van der Waals surface area contributed by atoms with Crippen molar-refractivity contribution in [3.63, 3.8) is 0 Å². The van der Waals surface area contributed by atoms with Crippen LogP contribution < -0.4 is 21.3 Å². The molecule has 41 heavy (non-hydrogen) atoms. The van der Waals surface area contributed by atoms with Gasteiger partial charge in [-0.2, -0.15) is 0 Å². The van der Waals surface area contributed by atoms with Gasteiger partial charge in [0.15, 0.2) is 0 Å². The Hall–Kier alpha value is -4.02. The number of amides is 6. The maximum Gasteiger partial charge on any atom is 0.253 e. The molecule has 1 aromatic rings. The Labute approximate surface area is 241 Å². The van der Waals surface area contributed by atoms with Crippen LogP contribution in [0.15, 0.2) is 36.4 Å². The standard InChI is InChI=1S/C30H43N5O6/c1-5-22-12-14-23(15-13-22)32-29(40)24(10-9-18-31-21(4)36)33-30(41)28(20(2)3)34-25(37)11-7-6-8-19-35-26(38)16-17-27(35)39/h12-17,20,24,28H,5-11,18-19H2,1-4H3,(H,31,36)(H,32,40)(H,33,41)(H,34,37)/t24-,28-/m0/s1. The summed E-state index contributed by atoms with van der Waals surface area (Å²) in [6.45, 7) is 7.74. The zero-order chi connectivity index (χ0) is 30.4. The van der Waals surface area contributed by atoms with Gasteiger partial charge < -0.3 is 21.3 Å². The van der Waals surface area contributed by atoms with Crippen molar-refractivity contribution in [1.29, 1.82) is 0 Å². The van der Waals surface area contributed by atoms with Crippen LogP contribution in [0.2, 0.25) is 0 Å². The summed E-state index contributed by atoms with van der Waals surface area (Å²) in [5.41, 5.74) is 1.74. The van der Waals surface area contributed by atoms with E-state index in [1.807, 2.05) is 45.0 Å². The third-order valence-electron chi connectivity index (χ3n) is 6.76. The average molecular weight is 570 g/mol. The molecule has 2 atom stereocenters. The molecule has 0 radical (unpaired) electrons. The molecule has 0 bridgehead atoms. The summed E-state index contributed by atoms with van der Waals surface area (Å²) in [5, 5.41) is 11.1. The number of rotatable bonds is 17. The Kier molecular flexibility index (Phi) is 13.7. The molecule has 6 amide bonds. The van der Waals surface area contributed by atoms with Gasteiger partial charge in [0.05, 0.1) is 0 Å². The lowest BCUT2D eigenvalue weighted by Gasteiger charge is -2.25. The predicted molar refractivity (Wildman–Crippen MR) is 155 cm³/mol. The van der Waals surface area contributed by atoms with Gasteiger partial charge in [0, 0.05) is 44.3 Å². The highest BCUT2D eigenvalue weighted by Crippen LogP contribution is 2.13. The molecule has 0 aromatic heterocycles. The normalized spacial score (nSPS) is 14.1. The second kappa shape index (κ2) is 16.9. The Morgan fingerprint density at radius 1 is 0.854 bits per heavy atom. The van der Waals surface area contributed by atoms with E-state index in [0.717, 1.165) is 12.0 Å². The minimum atomic E-state index is -0.870. The molecule has 0 fully saturated rings. The monoisotopic (exact) mass is 569 g/mol. The van der Waals surface area contributed by atoms with Crippen molar-refractivity contribution in [3.05, 3.63) is 42.0 Å². The number of nitrogens with zero attached hydrogens (tertiary/aromatic N) is 1. The number of carbonyl (C=O) groups is 6. The highest BCUT2D eigenvalue weighted by molar-refractivity contribution is 6.12. The minimum absolute atomic E-state index is 0.177. The molecule has 0 saturated carbocycles. The van der Waals surface area contributed by atoms with Crippen LogP contribution in [-0.4, -0.2) is 65.5 Å². The molecule has 11 nitrogen and oxygen atoms in total. The molecule has 2 rings (SSSR count). The fourth-order valence-electron chi connectivity index (χ4n) is 4.32. The summed E-state index contributed by atoms with van der Waals surface area (Å²) in [6.07, 6.45) is 6.06. The molecular weight excluding hydrogens is 526 g/mol. The van der Waals surface area contributed by atoms with Crippen LogP contribution in [0.5, 0.6) is 0 Å². The first kappa shape index (κ1) is 33.2. The van der Waals surface area contributed by atoms with Gasteiger partial charge in [-0.05, 0) is 55.7 Å². The quantitative estimate of drug-likeness (QED) is 0.167. The second-order valence-corrected chi connectivity index (χ2v) is 10.5. The molecule has 0 saturated heterocycles. The summed E-state index contributed by atoms with van der Waals surface area (Å²) in [4.78, 5) is 74.6. The Morgan fingerprint density at radius 2 is 1.51 bits per heavy atom. The summed E-state index contributed by atoms with van der Waals surface area (Å²) >= 11 is 0. The first-order chi connectivity index (χ1) is 19.5. The number of imide groups is 1. The minimum Gasteiger partial charge on any atom is -0.356 e.